The molecule has 0 aromatic heterocycles. The van der Waals surface area contributed by atoms with Gasteiger partial charge in [0.25, 0.3) is 0 Å². The summed E-state index contributed by atoms with van der Waals surface area (Å²) in [6, 6.07) is 10.7. The summed E-state index contributed by atoms with van der Waals surface area (Å²) >= 11 is 0. The number of hydrogen-bond donors (Lipinski definition) is 6. The highest BCUT2D eigenvalue weighted by atomic mass is 35.5. The molecule has 6 nitrogen and oxygen atoms in total. The fourth-order valence-corrected chi connectivity index (χ4v) is 2.59. The van der Waals surface area contributed by atoms with Crippen LogP contribution in [0.3, 0.4) is 0 Å². The van der Waals surface area contributed by atoms with E-state index in [2.05, 4.69) is 40.4 Å². The molecule has 1 aromatic carbocycles. The van der Waals surface area contributed by atoms with Gasteiger partial charge in [-0.05, 0) is 37.2 Å². The zero-order valence-electron chi connectivity index (χ0n) is 12.6. The molecule has 2 rings (SSSR count). The maximum atomic E-state index is 7.85. The molecule has 0 amide bonds. The minimum Gasteiger partial charge on any atom is -0.369 e. The van der Waals surface area contributed by atoms with Crippen molar-refractivity contribution < 1.29 is 0 Å². The second-order valence-corrected chi connectivity index (χ2v) is 5.50. The molecule has 0 saturated heterocycles. The number of nitrogens with one attached hydrogen (secondary N) is 5. The highest BCUT2D eigenvalue weighted by molar-refractivity contribution is 5.85. The smallest absolute Gasteiger partial charge is 0.207 e. The van der Waals surface area contributed by atoms with Crippen LogP contribution in [0.15, 0.2) is 30.3 Å². The van der Waals surface area contributed by atoms with E-state index in [1.165, 1.54) is 24.8 Å². The van der Waals surface area contributed by atoms with Crippen LogP contribution >= 0.6 is 12.4 Å². The summed E-state index contributed by atoms with van der Waals surface area (Å²) in [5, 5.41) is 18.1. The van der Waals surface area contributed by atoms with Crippen molar-refractivity contribution >= 4 is 24.3 Å². The molecule has 0 heterocycles. The minimum absolute atomic E-state index is 0. The van der Waals surface area contributed by atoms with Gasteiger partial charge in [0.2, 0.25) is 11.9 Å². The van der Waals surface area contributed by atoms with Crippen LogP contribution in [-0.4, -0.2) is 18.0 Å². The van der Waals surface area contributed by atoms with E-state index >= 15 is 0 Å². The Morgan fingerprint density at radius 1 is 1.18 bits per heavy atom. The van der Waals surface area contributed by atoms with E-state index in [0.717, 1.165) is 12.8 Å². The number of hydrogen-bond acceptors (Lipinski definition) is 2. The summed E-state index contributed by atoms with van der Waals surface area (Å²) in [4.78, 5) is 0. The standard InChI is InChI=1S/C15H24N6.ClH/c16-14(17)20-21-15(18)19-13(12-7-4-8-12)10-9-11-5-2-1-3-6-11;/h1-3,5-6,12-13H,4,7-10H2,(H4,16,17,20)(H3,18,19,21);1H/t13-;/m1./s1. The first-order valence-corrected chi connectivity index (χ1v) is 7.40. The number of hydrazine groups is 1. The molecule has 7 N–H and O–H groups in total. The molecule has 1 saturated carbocycles. The number of guanidine groups is 2. The van der Waals surface area contributed by atoms with Gasteiger partial charge >= 0.3 is 0 Å². The third-order valence-corrected chi connectivity index (χ3v) is 3.96. The van der Waals surface area contributed by atoms with Crippen molar-refractivity contribution in [2.24, 2.45) is 11.7 Å². The highest BCUT2D eigenvalue weighted by Gasteiger charge is 2.27. The van der Waals surface area contributed by atoms with Crippen molar-refractivity contribution in [2.75, 3.05) is 0 Å². The molecule has 7 heteroatoms. The lowest BCUT2D eigenvalue weighted by Gasteiger charge is -2.35. The molecule has 0 spiro atoms. The molecule has 1 aliphatic rings. The Hall–Kier alpha value is -1.95. The zero-order valence-corrected chi connectivity index (χ0v) is 13.4. The van der Waals surface area contributed by atoms with E-state index in [9.17, 15) is 0 Å². The minimum atomic E-state index is -0.203. The van der Waals surface area contributed by atoms with Gasteiger partial charge in [0.05, 0.1) is 0 Å². The first kappa shape index (κ1) is 18.1. The fraction of sp³-hybridized carbons (Fsp3) is 0.467. The lowest BCUT2D eigenvalue weighted by molar-refractivity contribution is 0.236. The van der Waals surface area contributed by atoms with Crippen LogP contribution in [0.5, 0.6) is 0 Å². The molecule has 0 unspecified atom stereocenters. The van der Waals surface area contributed by atoms with Crippen molar-refractivity contribution in [3.8, 4) is 0 Å². The summed E-state index contributed by atoms with van der Waals surface area (Å²) in [6.07, 6.45) is 5.72. The van der Waals surface area contributed by atoms with E-state index < -0.39 is 0 Å². The monoisotopic (exact) mass is 324 g/mol. The number of aryl methyl sites for hydroxylation is 1. The van der Waals surface area contributed by atoms with Crippen molar-refractivity contribution in [1.29, 1.82) is 10.8 Å². The Balaban J connectivity index is 0.00000242. The largest absolute Gasteiger partial charge is 0.369 e. The van der Waals surface area contributed by atoms with Gasteiger partial charge in [-0.1, -0.05) is 36.8 Å². The van der Waals surface area contributed by atoms with Crippen LogP contribution in [-0.2, 0) is 6.42 Å². The maximum absolute atomic E-state index is 7.85. The topological polar surface area (TPSA) is 110 Å². The molecule has 1 fully saturated rings. The van der Waals surface area contributed by atoms with Crippen molar-refractivity contribution in [1.82, 2.24) is 16.2 Å². The van der Waals surface area contributed by atoms with E-state index in [-0.39, 0.29) is 30.4 Å². The number of rotatable bonds is 5. The normalized spacial score (nSPS) is 14.9. The Morgan fingerprint density at radius 2 is 1.86 bits per heavy atom. The third kappa shape index (κ3) is 5.81. The lowest BCUT2D eigenvalue weighted by atomic mass is 9.78. The van der Waals surface area contributed by atoms with Crippen LogP contribution in [0.2, 0.25) is 0 Å². The summed E-state index contributed by atoms with van der Waals surface area (Å²) in [5.74, 6) is 0.592. The Labute approximate surface area is 137 Å². The summed E-state index contributed by atoms with van der Waals surface area (Å²) in [7, 11) is 0. The molecule has 0 aliphatic heterocycles. The van der Waals surface area contributed by atoms with Gasteiger partial charge in [-0.3, -0.25) is 21.7 Å². The van der Waals surface area contributed by atoms with Gasteiger partial charge in [0, 0.05) is 6.04 Å². The summed E-state index contributed by atoms with van der Waals surface area (Å²) in [5.41, 5.74) is 11.5. The number of benzene rings is 1. The van der Waals surface area contributed by atoms with Crippen LogP contribution in [0.4, 0.5) is 0 Å². The average molecular weight is 325 g/mol. The Morgan fingerprint density at radius 3 is 2.41 bits per heavy atom. The molecule has 1 aliphatic carbocycles. The van der Waals surface area contributed by atoms with Crippen molar-refractivity contribution in [2.45, 2.75) is 38.1 Å². The molecule has 1 aromatic rings. The van der Waals surface area contributed by atoms with E-state index in [4.69, 9.17) is 16.6 Å². The number of halogens is 1. The molecular weight excluding hydrogens is 300 g/mol. The molecule has 0 bridgehead atoms. The molecule has 1 atom stereocenters. The van der Waals surface area contributed by atoms with E-state index in [0.29, 0.717) is 5.92 Å². The third-order valence-electron chi connectivity index (χ3n) is 3.96. The second kappa shape index (κ2) is 9.15. The molecular formula is C15H25ClN6. The van der Waals surface area contributed by atoms with Gasteiger partial charge < -0.3 is 11.1 Å². The predicted molar refractivity (Wildman–Crippen MR) is 92.2 cm³/mol. The first-order valence-electron chi connectivity index (χ1n) is 7.40. The SMILES string of the molecule is Cl.N=C(N)NNC(=N)N[C@H](CCc1ccccc1)C1CCC1. The van der Waals surface area contributed by atoms with Gasteiger partial charge in [-0.25, -0.2) is 0 Å². The molecule has 0 radical (unpaired) electrons. The molecule has 122 valence electrons. The van der Waals surface area contributed by atoms with E-state index in [1.807, 2.05) is 6.07 Å². The zero-order chi connectivity index (χ0) is 15.1. The second-order valence-electron chi connectivity index (χ2n) is 5.50. The molecule has 22 heavy (non-hydrogen) atoms. The van der Waals surface area contributed by atoms with Gasteiger partial charge in [-0.2, -0.15) is 0 Å². The van der Waals surface area contributed by atoms with Gasteiger partial charge in [-0.15, -0.1) is 12.4 Å². The first-order chi connectivity index (χ1) is 10.1. The van der Waals surface area contributed by atoms with Crippen LogP contribution < -0.4 is 21.9 Å². The van der Waals surface area contributed by atoms with Crippen LogP contribution in [0, 0.1) is 16.7 Å². The van der Waals surface area contributed by atoms with Gasteiger partial charge in [0.15, 0.2) is 0 Å². The predicted octanol–water partition coefficient (Wildman–Crippen LogP) is 1.72. The summed E-state index contributed by atoms with van der Waals surface area (Å²) < 4.78 is 0. The quantitative estimate of drug-likeness (QED) is 0.281. The van der Waals surface area contributed by atoms with E-state index in [1.54, 1.807) is 0 Å². The fourth-order valence-electron chi connectivity index (χ4n) is 2.59. The van der Waals surface area contributed by atoms with Crippen LogP contribution in [0.25, 0.3) is 0 Å². The summed E-state index contributed by atoms with van der Waals surface area (Å²) in [6.45, 7) is 0. The number of nitrogens with two attached hydrogens (primary N) is 1. The highest BCUT2D eigenvalue weighted by Crippen LogP contribution is 2.31. The van der Waals surface area contributed by atoms with Gasteiger partial charge in [0.1, 0.15) is 0 Å². The van der Waals surface area contributed by atoms with Crippen molar-refractivity contribution in [3.63, 3.8) is 0 Å². The maximum Gasteiger partial charge on any atom is 0.207 e. The van der Waals surface area contributed by atoms with Crippen LogP contribution in [0.1, 0.15) is 31.2 Å². The Bertz CT molecular complexity index is 474. The average Bonchev–Trinajstić information content (AvgIpc) is 2.42. The van der Waals surface area contributed by atoms with Crippen molar-refractivity contribution in [3.05, 3.63) is 35.9 Å². The lowest BCUT2D eigenvalue weighted by Crippen LogP contribution is -2.54. The Kier molecular flexibility index (Phi) is 7.52.